The summed E-state index contributed by atoms with van der Waals surface area (Å²) in [5, 5.41) is 0. The predicted molar refractivity (Wildman–Crippen MR) is 58.7 cm³/mol. The van der Waals surface area contributed by atoms with E-state index in [1.807, 2.05) is 21.5 Å². The van der Waals surface area contributed by atoms with Crippen LogP contribution in [0.3, 0.4) is 0 Å². The number of hydrogen-bond acceptors (Lipinski definition) is 3. The molecule has 0 bridgehead atoms. The Balaban J connectivity index is 1.69. The molecule has 0 aliphatic carbocycles. The molecule has 0 aliphatic heterocycles. The van der Waals surface area contributed by atoms with Gasteiger partial charge >= 0.3 is 0 Å². The lowest BCUT2D eigenvalue weighted by Gasteiger charge is -2.02. The first-order chi connectivity index (χ1) is 7.84. The Hall–Kier alpha value is -1.91. The molecule has 0 aliphatic rings. The molecule has 0 fully saturated rings. The second kappa shape index (κ2) is 5.25. The maximum absolute atomic E-state index is 11.6. The number of rotatable bonds is 6. The average Bonchev–Trinajstić information content (AvgIpc) is 2.96. The highest BCUT2D eigenvalue weighted by Crippen LogP contribution is 1.98. The lowest BCUT2D eigenvalue weighted by Crippen LogP contribution is -2.07. The van der Waals surface area contributed by atoms with Crippen LogP contribution in [0.1, 0.15) is 12.8 Å². The normalized spacial score (nSPS) is 10.5. The van der Waals surface area contributed by atoms with Crippen LogP contribution in [0, 0.1) is 0 Å². The number of nitrogens with zero attached hydrogens (tertiary/aromatic N) is 4. The molecule has 2 aromatic heterocycles. The fourth-order valence-corrected chi connectivity index (χ4v) is 1.47. The van der Waals surface area contributed by atoms with E-state index in [1.54, 1.807) is 25.0 Å². The number of Topliss-reactive ketones (excluding diaryl/α,β-unsaturated/α-hetero) is 1. The zero-order chi connectivity index (χ0) is 11.2. The van der Waals surface area contributed by atoms with Crippen LogP contribution >= 0.6 is 0 Å². The molecule has 0 saturated heterocycles. The number of imidazole rings is 2. The predicted octanol–water partition coefficient (Wildman–Crippen LogP) is 1.13. The van der Waals surface area contributed by atoms with E-state index in [2.05, 4.69) is 9.97 Å². The maximum Gasteiger partial charge on any atom is 0.136 e. The van der Waals surface area contributed by atoms with E-state index >= 15 is 0 Å². The third-order valence-corrected chi connectivity index (χ3v) is 2.42. The molecule has 5 nitrogen and oxygen atoms in total. The average molecular weight is 218 g/mol. The van der Waals surface area contributed by atoms with Gasteiger partial charge in [-0.05, 0) is 0 Å². The van der Waals surface area contributed by atoms with Gasteiger partial charge in [-0.2, -0.15) is 0 Å². The van der Waals surface area contributed by atoms with E-state index in [1.165, 1.54) is 0 Å². The van der Waals surface area contributed by atoms with Crippen molar-refractivity contribution in [1.29, 1.82) is 0 Å². The fourth-order valence-electron chi connectivity index (χ4n) is 1.47. The fraction of sp³-hybridized carbons (Fsp3) is 0.364. The van der Waals surface area contributed by atoms with Crippen molar-refractivity contribution in [3.8, 4) is 0 Å². The number of hydrogen-bond donors (Lipinski definition) is 0. The third kappa shape index (κ3) is 3.05. The molecular weight excluding hydrogens is 204 g/mol. The van der Waals surface area contributed by atoms with Crippen molar-refractivity contribution in [3.05, 3.63) is 37.4 Å². The van der Waals surface area contributed by atoms with Gasteiger partial charge in [0.2, 0.25) is 0 Å². The van der Waals surface area contributed by atoms with E-state index in [-0.39, 0.29) is 5.78 Å². The van der Waals surface area contributed by atoms with E-state index < -0.39 is 0 Å². The van der Waals surface area contributed by atoms with Gasteiger partial charge in [-0.15, -0.1) is 0 Å². The topological polar surface area (TPSA) is 52.7 Å². The van der Waals surface area contributed by atoms with Crippen molar-refractivity contribution in [2.75, 3.05) is 0 Å². The smallest absolute Gasteiger partial charge is 0.136 e. The summed E-state index contributed by atoms with van der Waals surface area (Å²) in [6.45, 7) is 1.42. The van der Waals surface area contributed by atoms with Gasteiger partial charge in [-0.25, -0.2) is 9.97 Å². The van der Waals surface area contributed by atoms with E-state index in [0.29, 0.717) is 25.9 Å². The van der Waals surface area contributed by atoms with Gasteiger partial charge < -0.3 is 9.13 Å². The molecule has 0 amide bonds. The van der Waals surface area contributed by atoms with Gasteiger partial charge in [-0.3, -0.25) is 4.79 Å². The molecule has 0 aromatic carbocycles. The Bertz CT molecular complexity index is 379. The molecular formula is C11H14N4O. The van der Waals surface area contributed by atoms with Crippen LogP contribution in [0.5, 0.6) is 0 Å². The highest BCUT2D eigenvalue weighted by Gasteiger charge is 2.02. The third-order valence-electron chi connectivity index (χ3n) is 2.42. The lowest BCUT2D eigenvalue weighted by molar-refractivity contribution is -0.119. The first-order valence-electron chi connectivity index (χ1n) is 5.28. The van der Waals surface area contributed by atoms with Gasteiger partial charge in [0.1, 0.15) is 5.78 Å². The summed E-state index contributed by atoms with van der Waals surface area (Å²) in [7, 11) is 0. The largest absolute Gasteiger partial charge is 0.337 e. The van der Waals surface area contributed by atoms with E-state index in [0.717, 1.165) is 0 Å². The molecule has 84 valence electrons. The molecule has 2 aromatic rings. The minimum atomic E-state index is 0.266. The van der Waals surface area contributed by atoms with Gasteiger partial charge in [0.25, 0.3) is 0 Å². The van der Waals surface area contributed by atoms with Crippen LogP contribution in [0.2, 0.25) is 0 Å². The quantitative estimate of drug-likeness (QED) is 0.730. The Kier molecular flexibility index (Phi) is 3.48. The molecule has 5 heteroatoms. The number of aromatic nitrogens is 4. The van der Waals surface area contributed by atoms with Crippen molar-refractivity contribution in [2.45, 2.75) is 25.9 Å². The minimum absolute atomic E-state index is 0.266. The lowest BCUT2D eigenvalue weighted by atomic mass is 10.2. The molecule has 2 rings (SSSR count). The summed E-state index contributed by atoms with van der Waals surface area (Å²) in [5.41, 5.74) is 0. The Morgan fingerprint density at radius 1 is 0.938 bits per heavy atom. The summed E-state index contributed by atoms with van der Waals surface area (Å²) in [5.74, 6) is 0.266. The highest BCUT2D eigenvalue weighted by atomic mass is 16.1. The van der Waals surface area contributed by atoms with Crippen LogP contribution in [0.15, 0.2) is 37.4 Å². The molecule has 0 saturated carbocycles. The second-order valence-electron chi connectivity index (χ2n) is 3.64. The molecule has 2 heterocycles. The molecule has 16 heavy (non-hydrogen) atoms. The zero-order valence-electron chi connectivity index (χ0n) is 8.99. The monoisotopic (exact) mass is 218 g/mol. The van der Waals surface area contributed by atoms with Crippen molar-refractivity contribution < 1.29 is 4.79 Å². The molecule has 0 unspecified atom stereocenters. The summed E-state index contributed by atoms with van der Waals surface area (Å²) >= 11 is 0. The van der Waals surface area contributed by atoms with Crippen molar-refractivity contribution in [3.63, 3.8) is 0 Å². The Labute approximate surface area is 93.8 Å². The van der Waals surface area contributed by atoms with Crippen LogP contribution in [0.4, 0.5) is 0 Å². The van der Waals surface area contributed by atoms with Gasteiger partial charge in [-0.1, -0.05) is 0 Å². The Morgan fingerprint density at radius 3 is 1.81 bits per heavy atom. The summed E-state index contributed by atoms with van der Waals surface area (Å²) in [6.07, 6.45) is 11.7. The SMILES string of the molecule is O=C(CCn1ccnc1)CCn1ccnc1. The Morgan fingerprint density at radius 2 is 1.44 bits per heavy atom. The summed E-state index contributed by atoms with van der Waals surface area (Å²) in [6, 6.07) is 0. The molecule has 0 spiro atoms. The summed E-state index contributed by atoms with van der Waals surface area (Å²) < 4.78 is 3.82. The molecule has 0 N–H and O–H groups in total. The number of carbonyl (C=O) groups is 1. The van der Waals surface area contributed by atoms with Gasteiger partial charge in [0.05, 0.1) is 12.7 Å². The summed E-state index contributed by atoms with van der Waals surface area (Å²) in [4.78, 5) is 19.4. The van der Waals surface area contributed by atoms with E-state index in [4.69, 9.17) is 0 Å². The molecule has 0 radical (unpaired) electrons. The van der Waals surface area contributed by atoms with Crippen LogP contribution in [-0.4, -0.2) is 24.9 Å². The van der Waals surface area contributed by atoms with E-state index in [9.17, 15) is 4.79 Å². The maximum atomic E-state index is 11.6. The van der Waals surface area contributed by atoms with Gasteiger partial charge in [0, 0.05) is 50.7 Å². The number of ketones is 1. The highest BCUT2D eigenvalue weighted by molar-refractivity contribution is 5.78. The van der Waals surface area contributed by atoms with Gasteiger partial charge in [0.15, 0.2) is 0 Å². The van der Waals surface area contributed by atoms with Crippen molar-refractivity contribution in [1.82, 2.24) is 19.1 Å². The number of carbonyl (C=O) groups excluding carboxylic acids is 1. The van der Waals surface area contributed by atoms with Crippen LogP contribution in [0.25, 0.3) is 0 Å². The minimum Gasteiger partial charge on any atom is -0.337 e. The first kappa shape index (κ1) is 10.6. The second-order valence-corrected chi connectivity index (χ2v) is 3.64. The van der Waals surface area contributed by atoms with Crippen LogP contribution in [-0.2, 0) is 17.9 Å². The molecule has 0 atom stereocenters. The first-order valence-corrected chi connectivity index (χ1v) is 5.28. The van der Waals surface area contributed by atoms with Crippen LogP contribution < -0.4 is 0 Å². The van der Waals surface area contributed by atoms with Crippen molar-refractivity contribution >= 4 is 5.78 Å². The zero-order valence-corrected chi connectivity index (χ0v) is 8.99. The standard InChI is InChI=1S/C11H14N4O/c16-11(1-5-14-7-3-12-9-14)2-6-15-8-4-13-10-15/h3-4,7-10H,1-2,5-6H2. The number of aryl methyl sites for hydroxylation is 2. The van der Waals surface area contributed by atoms with Crippen molar-refractivity contribution in [2.24, 2.45) is 0 Å².